The quantitative estimate of drug-likeness (QED) is 0.450. The lowest BCUT2D eigenvalue weighted by Crippen LogP contribution is -2.23. The van der Waals surface area contributed by atoms with Crippen LogP contribution in [0.3, 0.4) is 0 Å². The van der Waals surface area contributed by atoms with Crippen LogP contribution in [0.5, 0.6) is 0 Å². The van der Waals surface area contributed by atoms with Crippen LogP contribution in [0.2, 0.25) is 0 Å². The van der Waals surface area contributed by atoms with Crippen LogP contribution in [0.4, 0.5) is 0 Å². The number of nitrogens with one attached hydrogen (secondary N) is 1. The van der Waals surface area contributed by atoms with Crippen molar-refractivity contribution in [2.45, 2.75) is 45.6 Å². The number of hydrogen-bond acceptors (Lipinski definition) is 2. The molecular weight excluding hydrogens is 138 g/mol. The first-order valence-corrected chi connectivity index (χ1v) is 4.44. The van der Waals surface area contributed by atoms with Gasteiger partial charge in [0.25, 0.3) is 0 Å². The lowest BCUT2D eigenvalue weighted by atomic mass is 10.2. The highest BCUT2D eigenvalue weighted by molar-refractivity contribution is 5.48. The van der Waals surface area contributed by atoms with Crippen molar-refractivity contribution in [3.8, 4) is 0 Å². The molecule has 0 aromatic rings. The number of carbonyl (C=O) groups is 1. The second-order valence-corrected chi connectivity index (χ2v) is 3.12. The van der Waals surface area contributed by atoms with Gasteiger partial charge in [0.1, 0.15) is 6.29 Å². The molecular formula is C9H19NO. The lowest BCUT2D eigenvalue weighted by molar-refractivity contribution is -0.107. The van der Waals surface area contributed by atoms with Gasteiger partial charge in [-0.3, -0.25) is 0 Å². The molecule has 0 radical (unpaired) electrons. The summed E-state index contributed by atoms with van der Waals surface area (Å²) in [7, 11) is 0. The molecule has 0 aromatic heterocycles. The van der Waals surface area contributed by atoms with E-state index in [9.17, 15) is 4.79 Å². The van der Waals surface area contributed by atoms with Crippen molar-refractivity contribution in [3.63, 3.8) is 0 Å². The molecule has 11 heavy (non-hydrogen) atoms. The summed E-state index contributed by atoms with van der Waals surface area (Å²) in [6.07, 6.45) is 5.12. The maximum absolute atomic E-state index is 9.93. The topological polar surface area (TPSA) is 29.1 Å². The Hall–Kier alpha value is -0.370. The molecule has 0 saturated heterocycles. The number of hydrogen-bond donors (Lipinski definition) is 1. The maximum Gasteiger partial charge on any atom is 0.119 e. The van der Waals surface area contributed by atoms with Crippen molar-refractivity contribution in [1.82, 2.24) is 5.32 Å². The lowest BCUT2D eigenvalue weighted by Gasteiger charge is -2.06. The van der Waals surface area contributed by atoms with Crippen LogP contribution in [-0.4, -0.2) is 18.9 Å². The minimum absolute atomic E-state index is 0.584. The van der Waals surface area contributed by atoms with E-state index in [1.807, 2.05) is 0 Å². The summed E-state index contributed by atoms with van der Waals surface area (Å²) in [5.41, 5.74) is 0. The molecule has 2 nitrogen and oxygen atoms in total. The number of rotatable bonds is 7. The highest BCUT2D eigenvalue weighted by Crippen LogP contribution is 1.96. The highest BCUT2D eigenvalue weighted by Gasteiger charge is 1.91. The van der Waals surface area contributed by atoms with E-state index in [2.05, 4.69) is 19.2 Å². The van der Waals surface area contributed by atoms with Crippen LogP contribution < -0.4 is 5.32 Å². The Bertz CT molecular complexity index is 91.6. The summed E-state index contributed by atoms with van der Waals surface area (Å²) in [5, 5.41) is 3.33. The van der Waals surface area contributed by atoms with Crippen LogP contribution >= 0.6 is 0 Å². The third kappa shape index (κ3) is 9.63. The van der Waals surface area contributed by atoms with Gasteiger partial charge < -0.3 is 10.1 Å². The average Bonchev–Trinajstić information content (AvgIpc) is 1.96. The third-order valence-electron chi connectivity index (χ3n) is 1.55. The van der Waals surface area contributed by atoms with Crippen LogP contribution in [0.15, 0.2) is 0 Å². The summed E-state index contributed by atoms with van der Waals surface area (Å²) in [6.45, 7) is 5.37. The normalized spacial score (nSPS) is 10.5. The molecule has 0 heterocycles. The van der Waals surface area contributed by atoms with Gasteiger partial charge in [-0.1, -0.05) is 20.3 Å². The first-order valence-electron chi connectivity index (χ1n) is 4.44. The Labute approximate surface area is 69.4 Å². The number of aldehydes is 1. The van der Waals surface area contributed by atoms with Gasteiger partial charge in [-0.2, -0.15) is 0 Å². The molecule has 0 amide bonds. The van der Waals surface area contributed by atoms with Crippen LogP contribution in [0.25, 0.3) is 0 Å². The molecule has 0 aliphatic heterocycles. The van der Waals surface area contributed by atoms with Gasteiger partial charge in [-0.25, -0.2) is 0 Å². The molecule has 0 aliphatic rings. The molecule has 0 aromatic carbocycles. The SMILES string of the molecule is CC(C)NCCCCCC=O. The third-order valence-corrected chi connectivity index (χ3v) is 1.55. The summed E-state index contributed by atoms with van der Waals surface area (Å²) >= 11 is 0. The van der Waals surface area contributed by atoms with Crippen molar-refractivity contribution in [1.29, 1.82) is 0 Å². The number of carbonyl (C=O) groups excluding carboxylic acids is 1. The van der Waals surface area contributed by atoms with Crippen molar-refractivity contribution in [2.75, 3.05) is 6.54 Å². The van der Waals surface area contributed by atoms with Gasteiger partial charge in [0.15, 0.2) is 0 Å². The Balaban J connectivity index is 2.85. The number of unbranched alkanes of at least 4 members (excludes halogenated alkanes) is 3. The van der Waals surface area contributed by atoms with Crippen molar-refractivity contribution in [2.24, 2.45) is 0 Å². The average molecular weight is 157 g/mol. The first-order chi connectivity index (χ1) is 5.27. The fraction of sp³-hybridized carbons (Fsp3) is 0.889. The fourth-order valence-corrected chi connectivity index (χ4v) is 0.920. The second kappa shape index (κ2) is 7.73. The largest absolute Gasteiger partial charge is 0.315 e. The van der Waals surface area contributed by atoms with Gasteiger partial charge in [0.2, 0.25) is 0 Å². The summed E-state index contributed by atoms with van der Waals surface area (Å²) < 4.78 is 0. The van der Waals surface area contributed by atoms with Crippen molar-refractivity contribution < 1.29 is 4.79 Å². The standard InChI is InChI=1S/C9H19NO/c1-9(2)10-7-5-3-4-6-8-11/h8-10H,3-7H2,1-2H3. The van der Waals surface area contributed by atoms with Gasteiger partial charge >= 0.3 is 0 Å². The molecule has 2 heteroatoms. The van der Waals surface area contributed by atoms with E-state index in [0.29, 0.717) is 6.04 Å². The molecule has 0 fully saturated rings. The van der Waals surface area contributed by atoms with Crippen molar-refractivity contribution in [3.05, 3.63) is 0 Å². The Morgan fingerprint density at radius 3 is 2.55 bits per heavy atom. The monoisotopic (exact) mass is 157 g/mol. The predicted molar refractivity (Wildman–Crippen MR) is 47.7 cm³/mol. The zero-order valence-electron chi connectivity index (χ0n) is 7.60. The maximum atomic E-state index is 9.93. The molecule has 0 spiro atoms. The molecule has 0 atom stereocenters. The van der Waals surface area contributed by atoms with E-state index in [1.165, 1.54) is 12.8 Å². The minimum atomic E-state index is 0.584. The second-order valence-electron chi connectivity index (χ2n) is 3.12. The smallest absolute Gasteiger partial charge is 0.119 e. The summed E-state index contributed by atoms with van der Waals surface area (Å²) in [4.78, 5) is 9.93. The van der Waals surface area contributed by atoms with Crippen LogP contribution in [0.1, 0.15) is 39.5 Å². The molecule has 1 N–H and O–H groups in total. The van der Waals surface area contributed by atoms with Gasteiger partial charge in [0.05, 0.1) is 0 Å². The molecule has 0 rings (SSSR count). The zero-order chi connectivity index (χ0) is 8.53. The van der Waals surface area contributed by atoms with Crippen molar-refractivity contribution >= 4 is 6.29 Å². The highest BCUT2D eigenvalue weighted by atomic mass is 16.1. The van der Waals surface area contributed by atoms with Gasteiger partial charge in [-0.05, 0) is 19.4 Å². The van der Waals surface area contributed by atoms with E-state index in [1.54, 1.807) is 0 Å². The molecule has 0 saturated carbocycles. The molecule has 66 valence electrons. The van der Waals surface area contributed by atoms with E-state index in [-0.39, 0.29) is 0 Å². The fourth-order valence-electron chi connectivity index (χ4n) is 0.920. The Morgan fingerprint density at radius 1 is 1.27 bits per heavy atom. The van der Waals surface area contributed by atoms with E-state index < -0.39 is 0 Å². The molecule has 0 aliphatic carbocycles. The van der Waals surface area contributed by atoms with Gasteiger partial charge in [0, 0.05) is 12.5 Å². The van der Waals surface area contributed by atoms with E-state index in [4.69, 9.17) is 0 Å². The van der Waals surface area contributed by atoms with Crippen LogP contribution in [-0.2, 0) is 4.79 Å². The first kappa shape index (κ1) is 10.6. The minimum Gasteiger partial charge on any atom is -0.315 e. The Morgan fingerprint density at radius 2 is 2.00 bits per heavy atom. The predicted octanol–water partition coefficient (Wildman–Crippen LogP) is 1.74. The van der Waals surface area contributed by atoms with E-state index in [0.717, 1.165) is 25.7 Å². The van der Waals surface area contributed by atoms with E-state index >= 15 is 0 Å². The zero-order valence-corrected chi connectivity index (χ0v) is 7.60. The molecule has 0 bridgehead atoms. The summed E-state index contributed by atoms with van der Waals surface area (Å²) in [5.74, 6) is 0. The summed E-state index contributed by atoms with van der Waals surface area (Å²) in [6, 6.07) is 0.584. The molecule has 0 unspecified atom stereocenters. The van der Waals surface area contributed by atoms with Crippen LogP contribution in [0, 0.1) is 0 Å². The Kier molecular flexibility index (Phi) is 7.47. The van der Waals surface area contributed by atoms with Gasteiger partial charge in [-0.15, -0.1) is 0 Å².